The Balaban J connectivity index is 1.54. The third-order valence-electron chi connectivity index (χ3n) is 3.86. The first kappa shape index (κ1) is 16.0. The predicted molar refractivity (Wildman–Crippen MR) is 94.8 cm³/mol. The van der Waals surface area contributed by atoms with E-state index in [9.17, 15) is 9.18 Å². The van der Waals surface area contributed by atoms with E-state index in [1.165, 1.54) is 24.3 Å². The van der Waals surface area contributed by atoms with Crippen molar-refractivity contribution >= 4 is 17.9 Å². The van der Waals surface area contributed by atoms with Crippen LogP contribution in [0.3, 0.4) is 0 Å². The third-order valence-corrected chi connectivity index (χ3v) is 3.86. The van der Waals surface area contributed by atoms with Crippen molar-refractivity contribution in [3.8, 4) is 0 Å². The number of aliphatic imine (C=N–C) groups is 1. The average Bonchev–Trinajstić information content (AvgIpc) is 3.24. The van der Waals surface area contributed by atoms with Crippen molar-refractivity contribution in [1.82, 2.24) is 9.78 Å². The number of ether oxygens (including phenoxy) is 1. The first-order chi connectivity index (χ1) is 12.7. The molecular weight excluding hydrogens is 333 g/mol. The molecule has 0 bridgehead atoms. The fourth-order valence-corrected chi connectivity index (χ4v) is 2.59. The number of nitrogens with zero attached hydrogens (tertiary/aromatic N) is 3. The molecule has 1 aliphatic heterocycles. The molecule has 1 aliphatic rings. The molecule has 6 heteroatoms. The monoisotopic (exact) mass is 347 g/mol. The van der Waals surface area contributed by atoms with E-state index in [0.29, 0.717) is 12.1 Å². The highest BCUT2D eigenvalue weighted by Gasteiger charge is 2.24. The summed E-state index contributed by atoms with van der Waals surface area (Å²) in [6.07, 6.45) is 5.11. The highest BCUT2D eigenvalue weighted by atomic mass is 19.1. The smallest absolute Gasteiger partial charge is 0.363 e. The zero-order chi connectivity index (χ0) is 17.9. The molecule has 0 saturated heterocycles. The molecule has 0 amide bonds. The largest absolute Gasteiger partial charge is 0.402 e. The molecule has 0 atom stereocenters. The summed E-state index contributed by atoms with van der Waals surface area (Å²) < 4.78 is 20.0. The minimum Gasteiger partial charge on any atom is -0.402 e. The second-order valence-corrected chi connectivity index (χ2v) is 5.80. The molecule has 0 N–H and O–H groups in total. The van der Waals surface area contributed by atoms with Gasteiger partial charge in [-0.15, -0.1) is 0 Å². The van der Waals surface area contributed by atoms with Crippen LogP contribution in [0.15, 0.2) is 77.7 Å². The van der Waals surface area contributed by atoms with Gasteiger partial charge in [-0.25, -0.2) is 14.2 Å². The molecule has 0 fully saturated rings. The van der Waals surface area contributed by atoms with E-state index in [1.807, 2.05) is 36.5 Å². The highest BCUT2D eigenvalue weighted by Crippen LogP contribution is 2.19. The van der Waals surface area contributed by atoms with Gasteiger partial charge in [-0.1, -0.05) is 30.3 Å². The van der Waals surface area contributed by atoms with Crippen LogP contribution in [0.5, 0.6) is 0 Å². The Morgan fingerprint density at radius 3 is 2.62 bits per heavy atom. The van der Waals surface area contributed by atoms with Crippen molar-refractivity contribution in [1.29, 1.82) is 0 Å². The average molecular weight is 347 g/mol. The van der Waals surface area contributed by atoms with Gasteiger partial charge in [-0.3, -0.25) is 4.68 Å². The predicted octanol–water partition coefficient (Wildman–Crippen LogP) is 3.42. The Labute approximate surface area is 149 Å². The molecular formula is C20H14FN3O2. The lowest BCUT2D eigenvalue weighted by molar-refractivity contribution is -0.129. The minimum atomic E-state index is -0.542. The van der Waals surface area contributed by atoms with E-state index >= 15 is 0 Å². The van der Waals surface area contributed by atoms with Gasteiger partial charge in [-0.05, 0) is 35.9 Å². The standard InChI is InChI=1S/C20H14FN3O2/c21-17-8-6-16(7-9-17)19-23-18(20(25)26-19)10-15-11-22-24(13-15)12-14-4-2-1-3-5-14/h1-11,13H,12H2/b18-10-. The zero-order valence-corrected chi connectivity index (χ0v) is 13.7. The molecule has 5 nitrogen and oxygen atoms in total. The molecule has 0 unspecified atom stereocenters. The van der Waals surface area contributed by atoms with E-state index < -0.39 is 5.97 Å². The number of benzene rings is 2. The lowest BCUT2D eigenvalue weighted by atomic mass is 10.2. The summed E-state index contributed by atoms with van der Waals surface area (Å²) in [4.78, 5) is 16.2. The quantitative estimate of drug-likeness (QED) is 0.537. The summed E-state index contributed by atoms with van der Waals surface area (Å²) >= 11 is 0. The number of hydrogen-bond donors (Lipinski definition) is 0. The van der Waals surface area contributed by atoms with E-state index in [2.05, 4.69) is 10.1 Å². The summed E-state index contributed by atoms with van der Waals surface area (Å²) in [7, 11) is 0. The lowest BCUT2D eigenvalue weighted by Crippen LogP contribution is -2.05. The molecule has 3 aromatic rings. The van der Waals surface area contributed by atoms with Crippen LogP contribution in [0.25, 0.3) is 6.08 Å². The lowest BCUT2D eigenvalue weighted by Gasteiger charge is -2.00. The maximum absolute atomic E-state index is 13.0. The van der Waals surface area contributed by atoms with Crippen LogP contribution >= 0.6 is 0 Å². The Kier molecular flexibility index (Phi) is 4.15. The van der Waals surface area contributed by atoms with Crippen LogP contribution in [-0.4, -0.2) is 21.6 Å². The fraction of sp³-hybridized carbons (Fsp3) is 0.0500. The molecule has 2 heterocycles. The maximum Gasteiger partial charge on any atom is 0.363 e. The van der Waals surface area contributed by atoms with Gasteiger partial charge in [0.25, 0.3) is 0 Å². The summed E-state index contributed by atoms with van der Waals surface area (Å²) in [6.45, 7) is 0.637. The second-order valence-electron chi connectivity index (χ2n) is 5.80. The SMILES string of the molecule is O=C1OC(c2ccc(F)cc2)=N/C1=C\c1cnn(Cc2ccccc2)c1. The van der Waals surface area contributed by atoms with Gasteiger partial charge in [0, 0.05) is 17.3 Å². The van der Waals surface area contributed by atoms with Crippen LogP contribution < -0.4 is 0 Å². The Bertz CT molecular complexity index is 1010. The number of cyclic esters (lactones) is 1. The molecule has 0 radical (unpaired) electrons. The number of hydrogen-bond acceptors (Lipinski definition) is 4. The van der Waals surface area contributed by atoms with Crippen molar-refractivity contribution in [3.63, 3.8) is 0 Å². The first-order valence-electron chi connectivity index (χ1n) is 8.02. The normalized spacial score (nSPS) is 15.2. The van der Waals surface area contributed by atoms with Crippen molar-refractivity contribution in [2.45, 2.75) is 6.54 Å². The summed E-state index contributed by atoms with van der Waals surface area (Å²) in [6, 6.07) is 15.6. The van der Waals surface area contributed by atoms with Crippen molar-refractivity contribution < 1.29 is 13.9 Å². The van der Waals surface area contributed by atoms with E-state index in [4.69, 9.17) is 4.74 Å². The second kappa shape index (κ2) is 6.76. The van der Waals surface area contributed by atoms with E-state index in [0.717, 1.165) is 11.1 Å². The van der Waals surface area contributed by atoms with Gasteiger partial charge in [-0.2, -0.15) is 5.10 Å². The highest BCUT2D eigenvalue weighted by molar-refractivity contribution is 6.12. The summed E-state index contributed by atoms with van der Waals surface area (Å²) in [5.41, 5.74) is 2.61. The summed E-state index contributed by atoms with van der Waals surface area (Å²) in [5.74, 6) is -0.738. The van der Waals surface area contributed by atoms with Gasteiger partial charge in [0.15, 0.2) is 5.70 Å². The number of esters is 1. The van der Waals surface area contributed by atoms with Crippen LogP contribution in [0, 0.1) is 5.82 Å². The van der Waals surface area contributed by atoms with Crippen LogP contribution in [0.1, 0.15) is 16.7 Å². The topological polar surface area (TPSA) is 56.5 Å². The number of aromatic nitrogens is 2. The molecule has 1 aromatic heterocycles. The van der Waals surface area contributed by atoms with Gasteiger partial charge < -0.3 is 4.74 Å². The fourth-order valence-electron chi connectivity index (χ4n) is 2.59. The number of carbonyl (C=O) groups is 1. The van der Waals surface area contributed by atoms with Crippen LogP contribution in [-0.2, 0) is 16.1 Å². The molecule has 0 spiro atoms. The molecule has 0 aliphatic carbocycles. The van der Waals surface area contributed by atoms with Crippen molar-refractivity contribution in [2.24, 2.45) is 4.99 Å². The Morgan fingerprint density at radius 1 is 1.08 bits per heavy atom. The zero-order valence-electron chi connectivity index (χ0n) is 13.7. The molecule has 4 rings (SSSR count). The van der Waals surface area contributed by atoms with Gasteiger partial charge in [0.2, 0.25) is 5.90 Å². The third kappa shape index (κ3) is 3.44. The van der Waals surface area contributed by atoms with Gasteiger partial charge >= 0.3 is 5.97 Å². The molecule has 0 saturated carbocycles. The minimum absolute atomic E-state index is 0.165. The van der Waals surface area contributed by atoms with Crippen LogP contribution in [0.2, 0.25) is 0 Å². The maximum atomic E-state index is 13.0. The van der Waals surface area contributed by atoms with E-state index in [1.54, 1.807) is 17.0 Å². The van der Waals surface area contributed by atoms with Crippen LogP contribution in [0.4, 0.5) is 4.39 Å². The Morgan fingerprint density at radius 2 is 1.85 bits per heavy atom. The molecule has 2 aromatic carbocycles. The van der Waals surface area contributed by atoms with Crippen molar-refractivity contribution in [3.05, 3.63) is 95.2 Å². The van der Waals surface area contributed by atoms with E-state index in [-0.39, 0.29) is 17.4 Å². The van der Waals surface area contributed by atoms with Gasteiger partial charge in [0.05, 0.1) is 12.7 Å². The van der Waals surface area contributed by atoms with Gasteiger partial charge in [0.1, 0.15) is 5.82 Å². The number of halogens is 1. The molecule has 26 heavy (non-hydrogen) atoms. The first-order valence-corrected chi connectivity index (χ1v) is 8.02. The Hall–Kier alpha value is -3.54. The number of carbonyl (C=O) groups excluding carboxylic acids is 1. The molecule has 128 valence electrons. The van der Waals surface area contributed by atoms with Crippen molar-refractivity contribution in [2.75, 3.05) is 0 Å². The summed E-state index contributed by atoms with van der Waals surface area (Å²) in [5, 5.41) is 4.30. The number of rotatable bonds is 4.